The summed E-state index contributed by atoms with van der Waals surface area (Å²) in [6.45, 7) is 8.84. The van der Waals surface area contributed by atoms with E-state index in [1.54, 1.807) is 0 Å². The van der Waals surface area contributed by atoms with Gasteiger partial charge in [0.2, 0.25) is 0 Å². The van der Waals surface area contributed by atoms with Crippen molar-refractivity contribution in [3.8, 4) is 0 Å². The van der Waals surface area contributed by atoms with Crippen LogP contribution >= 0.6 is 0 Å². The van der Waals surface area contributed by atoms with Gasteiger partial charge in [0.1, 0.15) is 6.10 Å². The normalized spacial score (nSPS) is 22.7. The van der Waals surface area contributed by atoms with Crippen LogP contribution in [0, 0.1) is 5.92 Å². The second-order valence-electron chi connectivity index (χ2n) is 6.71. The number of ether oxygens (including phenoxy) is 3. The number of carbonyl (C=O) groups excluding carboxylic acids is 1. The van der Waals surface area contributed by atoms with Crippen LogP contribution in [-0.2, 0) is 25.6 Å². The van der Waals surface area contributed by atoms with E-state index in [9.17, 15) is 4.79 Å². The minimum atomic E-state index is -0.546. The Morgan fingerprint density at radius 2 is 2.04 bits per heavy atom. The molecule has 0 amide bonds. The molecule has 4 heteroatoms. The number of benzene rings is 1. The van der Waals surface area contributed by atoms with Crippen molar-refractivity contribution in [1.29, 1.82) is 0 Å². The maximum absolute atomic E-state index is 12.5. The highest BCUT2D eigenvalue weighted by Crippen LogP contribution is 2.28. The van der Waals surface area contributed by atoms with Gasteiger partial charge in [0.25, 0.3) is 0 Å². The summed E-state index contributed by atoms with van der Waals surface area (Å²) in [5.74, 6) is -0.279. The molecule has 0 saturated carbocycles. The largest absolute Gasteiger partial charge is 0.366 e. The van der Waals surface area contributed by atoms with Crippen LogP contribution in [0.4, 0.5) is 0 Å². The Kier molecular flexibility index (Phi) is 6.33. The maximum atomic E-state index is 12.5. The highest BCUT2D eigenvalue weighted by atomic mass is 16.7. The second-order valence-corrected chi connectivity index (χ2v) is 6.71. The minimum absolute atomic E-state index is 0.0272. The first-order valence-electron chi connectivity index (χ1n) is 8.41. The molecule has 3 atom stereocenters. The Morgan fingerprint density at radius 3 is 2.61 bits per heavy atom. The first kappa shape index (κ1) is 18.1. The first-order valence-corrected chi connectivity index (χ1v) is 8.41. The Hall–Kier alpha value is -1.23. The molecule has 1 saturated heterocycles. The van der Waals surface area contributed by atoms with Crippen LogP contribution in [0.5, 0.6) is 0 Å². The van der Waals surface area contributed by atoms with Crippen LogP contribution in [-0.4, -0.2) is 30.4 Å². The van der Waals surface area contributed by atoms with E-state index < -0.39 is 5.79 Å². The van der Waals surface area contributed by atoms with Crippen LogP contribution in [0.15, 0.2) is 30.3 Å². The zero-order valence-corrected chi connectivity index (χ0v) is 14.6. The van der Waals surface area contributed by atoms with Gasteiger partial charge in [0, 0.05) is 6.42 Å². The Labute approximate surface area is 139 Å². The smallest absolute Gasteiger partial charge is 0.163 e. The van der Waals surface area contributed by atoms with E-state index in [-0.39, 0.29) is 23.9 Å². The van der Waals surface area contributed by atoms with E-state index in [0.29, 0.717) is 26.1 Å². The number of ketones is 1. The summed E-state index contributed by atoms with van der Waals surface area (Å²) >= 11 is 0. The fourth-order valence-corrected chi connectivity index (χ4v) is 2.79. The van der Waals surface area contributed by atoms with E-state index in [4.69, 9.17) is 14.2 Å². The average molecular weight is 320 g/mol. The van der Waals surface area contributed by atoms with Crippen molar-refractivity contribution in [3.05, 3.63) is 35.9 Å². The van der Waals surface area contributed by atoms with Crippen LogP contribution in [0.25, 0.3) is 0 Å². The molecule has 4 nitrogen and oxygen atoms in total. The summed E-state index contributed by atoms with van der Waals surface area (Å²) in [5.41, 5.74) is 1.08. The summed E-state index contributed by atoms with van der Waals surface area (Å²) < 4.78 is 17.2. The van der Waals surface area contributed by atoms with Crippen molar-refractivity contribution in [2.45, 2.75) is 65.1 Å². The van der Waals surface area contributed by atoms with Crippen molar-refractivity contribution < 1.29 is 19.0 Å². The molecule has 0 bridgehead atoms. The Morgan fingerprint density at radius 1 is 1.35 bits per heavy atom. The summed E-state index contributed by atoms with van der Waals surface area (Å²) in [4.78, 5) is 12.5. The van der Waals surface area contributed by atoms with Crippen molar-refractivity contribution in [3.63, 3.8) is 0 Å². The standard InChI is InChI=1S/C19H28O4/c1-5-17(21-12-15-9-7-6-8-10-15)16(20)11-14(2)18-13-22-19(3,4)23-18/h6-10,14,17-18H,5,11-13H2,1-4H3/t14-,17+,18-/m1/s1. The fraction of sp³-hybridized carbons (Fsp3) is 0.632. The molecule has 1 aromatic rings. The molecular formula is C19H28O4. The van der Waals surface area contributed by atoms with Crippen molar-refractivity contribution in [1.82, 2.24) is 0 Å². The van der Waals surface area contributed by atoms with Gasteiger partial charge in [-0.3, -0.25) is 4.79 Å². The Bertz CT molecular complexity index is 497. The number of hydrogen-bond acceptors (Lipinski definition) is 4. The zero-order chi connectivity index (χ0) is 16.9. The third-order valence-electron chi connectivity index (χ3n) is 4.21. The van der Waals surface area contributed by atoms with E-state index in [2.05, 4.69) is 0 Å². The number of carbonyl (C=O) groups is 1. The van der Waals surface area contributed by atoms with Crippen molar-refractivity contribution in [2.75, 3.05) is 6.61 Å². The fourth-order valence-electron chi connectivity index (χ4n) is 2.79. The summed E-state index contributed by atoms with van der Waals surface area (Å²) in [7, 11) is 0. The predicted octanol–water partition coefficient (Wildman–Crippen LogP) is 3.73. The van der Waals surface area contributed by atoms with Gasteiger partial charge in [-0.25, -0.2) is 0 Å². The average Bonchev–Trinajstić information content (AvgIpc) is 2.89. The number of hydrogen-bond donors (Lipinski definition) is 0. The van der Waals surface area contributed by atoms with Crippen LogP contribution in [0.1, 0.15) is 46.1 Å². The van der Waals surface area contributed by atoms with Gasteiger partial charge in [0.05, 0.1) is 19.3 Å². The van der Waals surface area contributed by atoms with Gasteiger partial charge in [-0.2, -0.15) is 0 Å². The van der Waals surface area contributed by atoms with E-state index >= 15 is 0 Å². The predicted molar refractivity (Wildman–Crippen MR) is 89.0 cm³/mol. The molecule has 1 fully saturated rings. The molecule has 1 aliphatic heterocycles. The van der Waals surface area contributed by atoms with Crippen LogP contribution in [0.2, 0.25) is 0 Å². The lowest BCUT2D eigenvalue weighted by Crippen LogP contribution is -2.31. The third kappa shape index (κ3) is 5.41. The van der Waals surface area contributed by atoms with Gasteiger partial charge in [-0.1, -0.05) is 44.2 Å². The monoisotopic (exact) mass is 320 g/mol. The lowest BCUT2D eigenvalue weighted by atomic mass is 9.95. The van der Waals surface area contributed by atoms with Gasteiger partial charge in [0.15, 0.2) is 11.6 Å². The molecule has 0 unspecified atom stereocenters. The van der Waals surface area contributed by atoms with E-state index in [0.717, 1.165) is 5.56 Å². The molecule has 23 heavy (non-hydrogen) atoms. The zero-order valence-electron chi connectivity index (χ0n) is 14.6. The quantitative estimate of drug-likeness (QED) is 0.732. The van der Waals surface area contributed by atoms with Gasteiger partial charge >= 0.3 is 0 Å². The molecule has 0 N–H and O–H groups in total. The molecule has 0 radical (unpaired) electrons. The van der Waals surface area contributed by atoms with Gasteiger partial charge in [-0.15, -0.1) is 0 Å². The summed E-state index contributed by atoms with van der Waals surface area (Å²) in [6, 6.07) is 9.93. The number of Topliss-reactive ketones (excluding diaryl/α,β-unsaturated/α-hetero) is 1. The SMILES string of the molecule is CC[C@H](OCc1ccccc1)C(=O)C[C@@H](C)[C@H]1COC(C)(C)O1. The Balaban J connectivity index is 1.82. The minimum Gasteiger partial charge on any atom is -0.366 e. The molecule has 1 aliphatic rings. The van der Waals surface area contributed by atoms with Crippen LogP contribution < -0.4 is 0 Å². The van der Waals surface area contributed by atoms with E-state index in [1.807, 2.05) is 58.0 Å². The lowest BCUT2D eigenvalue weighted by molar-refractivity contribution is -0.147. The molecule has 0 spiro atoms. The van der Waals surface area contributed by atoms with E-state index in [1.165, 1.54) is 0 Å². The number of rotatable bonds is 8. The van der Waals surface area contributed by atoms with Crippen molar-refractivity contribution in [2.24, 2.45) is 5.92 Å². The molecule has 128 valence electrons. The summed E-state index contributed by atoms with van der Waals surface area (Å²) in [6.07, 6.45) is 0.761. The second kappa shape index (κ2) is 8.04. The first-order chi connectivity index (χ1) is 10.9. The summed E-state index contributed by atoms with van der Waals surface area (Å²) in [5, 5.41) is 0. The van der Waals surface area contributed by atoms with Gasteiger partial charge in [-0.05, 0) is 31.7 Å². The molecule has 1 aromatic carbocycles. The van der Waals surface area contributed by atoms with Crippen molar-refractivity contribution >= 4 is 5.78 Å². The van der Waals surface area contributed by atoms with Gasteiger partial charge < -0.3 is 14.2 Å². The van der Waals surface area contributed by atoms with Crippen LogP contribution in [0.3, 0.4) is 0 Å². The molecule has 0 aromatic heterocycles. The molecule has 2 rings (SSSR count). The molecule has 1 heterocycles. The topological polar surface area (TPSA) is 44.8 Å². The maximum Gasteiger partial charge on any atom is 0.163 e. The highest BCUT2D eigenvalue weighted by molar-refractivity contribution is 5.83. The molecular weight excluding hydrogens is 292 g/mol. The highest BCUT2D eigenvalue weighted by Gasteiger charge is 2.36. The molecule has 0 aliphatic carbocycles. The lowest BCUT2D eigenvalue weighted by Gasteiger charge is -2.22. The third-order valence-corrected chi connectivity index (χ3v) is 4.21.